The smallest absolute Gasteiger partial charge is 0.411 e. The minimum atomic E-state index is -0.458. The Hall–Kier alpha value is -2.91. The summed E-state index contributed by atoms with van der Waals surface area (Å²) in [7, 11) is 0. The molecule has 0 radical (unpaired) electrons. The van der Waals surface area contributed by atoms with Crippen LogP contribution in [0.2, 0.25) is 0 Å². The quantitative estimate of drug-likeness (QED) is 0.904. The first-order chi connectivity index (χ1) is 13.2. The van der Waals surface area contributed by atoms with Gasteiger partial charge in [0.1, 0.15) is 6.10 Å². The number of piperidine rings is 3. The standard InChI is InChI=1S/C21H22N4O2/c22-13-15-3-1-5-18(11-15)24-21(26)27-20-17-6-9-25(10-7-17)19(20)12-16-4-2-8-23-14-16/h1-5,8,11,14,17,19-20H,6-7,9-10,12H2,(H,24,26). The molecule has 138 valence electrons. The number of amides is 1. The zero-order valence-corrected chi connectivity index (χ0v) is 15.0. The third kappa shape index (κ3) is 3.93. The van der Waals surface area contributed by atoms with Gasteiger partial charge in [-0.05, 0) is 62.2 Å². The van der Waals surface area contributed by atoms with Crippen molar-refractivity contribution < 1.29 is 9.53 Å². The van der Waals surface area contributed by atoms with Crippen molar-refractivity contribution in [2.45, 2.75) is 31.4 Å². The fraction of sp³-hybridized carbons (Fsp3) is 0.381. The zero-order chi connectivity index (χ0) is 18.6. The third-order valence-electron chi connectivity index (χ3n) is 5.54. The normalized spacial score (nSPS) is 26.2. The number of nitriles is 1. The summed E-state index contributed by atoms with van der Waals surface area (Å²) in [6.07, 6.45) is 6.01. The summed E-state index contributed by atoms with van der Waals surface area (Å²) >= 11 is 0. The topological polar surface area (TPSA) is 78.2 Å². The van der Waals surface area contributed by atoms with Crippen LogP contribution in [0.3, 0.4) is 0 Å². The summed E-state index contributed by atoms with van der Waals surface area (Å²) in [5.74, 6) is 0.396. The number of pyridine rings is 1. The van der Waals surface area contributed by atoms with Gasteiger partial charge in [-0.15, -0.1) is 0 Å². The molecule has 0 spiro atoms. The summed E-state index contributed by atoms with van der Waals surface area (Å²) in [6.45, 7) is 2.11. The lowest BCUT2D eigenvalue weighted by Crippen LogP contribution is -2.60. The Morgan fingerprint density at radius 1 is 1.30 bits per heavy atom. The van der Waals surface area contributed by atoms with Crippen LogP contribution in [-0.4, -0.2) is 41.2 Å². The number of fused-ring (bicyclic) bond motifs is 3. The van der Waals surface area contributed by atoms with Gasteiger partial charge >= 0.3 is 6.09 Å². The number of nitrogens with zero attached hydrogens (tertiary/aromatic N) is 3. The number of carbonyl (C=O) groups excluding carboxylic acids is 1. The molecule has 2 atom stereocenters. The Balaban J connectivity index is 1.46. The average Bonchev–Trinajstić information content (AvgIpc) is 2.71. The summed E-state index contributed by atoms with van der Waals surface area (Å²) in [6, 6.07) is 13.1. The fourth-order valence-electron chi connectivity index (χ4n) is 4.22. The van der Waals surface area contributed by atoms with Gasteiger partial charge in [0.05, 0.1) is 17.7 Å². The van der Waals surface area contributed by atoms with Crippen molar-refractivity contribution in [3.63, 3.8) is 0 Å². The van der Waals surface area contributed by atoms with E-state index in [9.17, 15) is 4.79 Å². The van der Waals surface area contributed by atoms with Gasteiger partial charge in [-0.1, -0.05) is 12.1 Å². The average molecular weight is 362 g/mol. The van der Waals surface area contributed by atoms with Crippen molar-refractivity contribution in [2.24, 2.45) is 5.92 Å². The van der Waals surface area contributed by atoms with Crippen molar-refractivity contribution in [3.8, 4) is 6.07 Å². The summed E-state index contributed by atoms with van der Waals surface area (Å²) in [5, 5.41) is 11.8. The summed E-state index contributed by atoms with van der Waals surface area (Å²) in [4.78, 5) is 19.1. The molecule has 1 aromatic heterocycles. The molecule has 27 heavy (non-hydrogen) atoms. The molecule has 6 heteroatoms. The van der Waals surface area contributed by atoms with Gasteiger partial charge in [0.2, 0.25) is 0 Å². The van der Waals surface area contributed by atoms with Crippen molar-refractivity contribution in [2.75, 3.05) is 18.4 Å². The van der Waals surface area contributed by atoms with Crippen LogP contribution in [-0.2, 0) is 11.2 Å². The lowest BCUT2D eigenvalue weighted by atomic mass is 9.78. The third-order valence-corrected chi connectivity index (χ3v) is 5.54. The molecule has 1 aromatic carbocycles. The van der Waals surface area contributed by atoms with Crippen LogP contribution in [0.4, 0.5) is 10.5 Å². The molecule has 3 aliphatic rings. The van der Waals surface area contributed by atoms with Crippen molar-refractivity contribution in [1.29, 1.82) is 5.26 Å². The Morgan fingerprint density at radius 3 is 2.89 bits per heavy atom. The summed E-state index contributed by atoms with van der Waals surface area (Å²) < 4.78 is 5.89. The summed E-state index contributed by atoms with van der Waals surface area (Å²) in [5.41, 5.74) is 2.24. The fourth-order valence-corrected chi connectivity index (χ4v) is 4.22. The highest BCUT2D eigenvalue weighted by molar-refractivity contribution is 5.85. The molecule has 3 saturated heterocycles. The minimum Gasteiger partial charge on any atom is -0.444 e. The SMILES string of the molecule is N#Cc1cccc(NC(=O)OC2C3CCN(CC3)C2Cc2cccnc2)c1. The minimum absolute atomic E-state index is 0.133. The molecular weight excluding hydrogens is 340 g/mol. The number of anilines is 1. The molecule has 2 bridgehead atoms. The largest absolute Gasteiger partial charge is 0.444 e. The molecule has 1 amide bonds. The van der Waals surface area contributed by atoms with Gasteiger partial charge in [-0.2, -0.15) is 5.26 Å². The number of carbonyl (C=O) groups is 1. The van der Waals surface area contributed by atoms with Crippen molar-refractivity contribution in [3.05, 3.63) is 59.9 Å². The van der Waals surface area contributed by atoms with Gasteiger partial charge in [0.15, 0.2) is 0 Å². The van der Waals surface area contributed by atoms with Crippen molar-refractivity contribution >= 4 is 11.8 Å². The van der Waals surface area contributed by atoms with Crippen LogP contribution < -0.4 is 5.32 Å². The van der Waals surface area contributed by atoms with E-state index in [2.05, 4.69) is 27.3 Å². The molecule has 2 aromatic rings. The Bertz CT molecular complexity index is 841. The molecule has 5 rings (SSSR count). The van der Waals surface area contributed by atoms with E-state index in [0.717, 1.165) is 37.9 Å². The maximum Gasteiger partial charge on any atom is 0.411 e. The van der Waals surface area contributed by atoms with Crippen LogP contribution in [0.15, 0.2) is 48.8 Å². The Kier molecular flexibility index (Phi) is 5.03. The number of hydrogen-bond acceptors (Lipinski definition) is 5. The van der Waals surface area contributed by atoms with Crippen molar-refractivity contribution in [1.82, 2.24) is 9.88 Å². The molecule has 6 nitrogen and oxygen atoms in total. The lowest BCUT2D eigenvalue weighted by Gasteiger charge is -2.50. The van der Waals surface area contributed by atoms with Crippen LogP contribution in [0, 0.1) is 17.2 Å². The predicted molar refractivity (Wildman–Crippen MR) is 101 cm³/mol. The molecule has 0 aliphatic carbocycles. The second-order valence-corrected chi connectivity index (χ2v) is 7.19. The van der Waals surface area contributed by atoms with E-state index in [1.807, 2.05) is 12.3 Å². The number of rotatable bonds is 4. The maximum atomic E-state index is 12.5. The molecular formula is C21H22N4O2. The van der Waals surface area contributed by atoms with Crippen LogP contribution in [0.25, 0.3) is 0 Å². The van der Waals surface area contributed by atoms with E-state index in [1.54, 1.807) is 30.5 Å². The number of hydrogen-bond donors (Lipinski definition) is 1. The number of aromatic nitrogens is 1. The van der Waals surface area contributed by atoms with Crippen LogP contribution in [0.1, 0.15) is 24.0 Å². The van der Waals surface area contributed by atoms with E-state index in [1.165, 1.54) is 0 Å². The van der Waals surface area contributed by atoms with E-state index in [0.29, 0.717) is 17.2 Å². The monoisotopic (exact) mass is 362 g/mol. The number of nitrogens with one attached hydrogen (secondary N) is 1. The second-order valence-electron chi connectivity index (χ2n) is 7.19. The van der Waals surface area contributed by atoms with E-state index < -0.39 is 6.09 Å². The maximum absolute atomic E-state index is 12.5. The highest BCUT2D eigenvalue weighted by atomic mass is 16.6. The molecule has 1 N–H and O–H groups in total. The first-order valence-electron chi connectivity index (χ1n) is 9.33. The van der Waals surface area contributed by atoms with E-state index in [4.69, 9.17) is 10.00 Å². The molecule has 4 heterocycles. The Labute approximate surface area is 158 Å². The lowest BCUT2D eigenvalue weighted by molar-refractivity contribution is -0.0741. The highest BCUT2D eigenvalue weighted by Crippen LogP contribution is 2.36. The van der Waals surface area contributed by atoms with Gasteiger partial charge in [0, 0.05) is 24.0 Å². The predicted octanol–water partition coefficient (Wildman–Crippen LogP) is 3.21. The second kappa shape index (κ2) is 7.77. The molecule has 3 fully saturated rings. The van der Waals surface area contributed by atoms with Crippen LogP contribution in [0.5, 0.6) is 0 Å². The Morgan fingerprint density at radius 2 is 2.15 bits per heavy atom. The molecule has 2 unspecified atom stereocenters. The van der Waals surface area contributed by atoms with E-state index in [-0.39, 0.29) is 12.1 Å². The zero-order valence-electron chi connectivity index (χ0n) is 15.0. The molecule has 0 saturated carbocycles. The van der Waals surface area contributed by atoms with Gasteiger partial charge in [-0.3, -0.25) is 15.2 Å². The van der Waals surface area contributed by atoms with E-state index >= 15 is 0 Å². The highest BCUT2D eigenvalue weighted by Gasteiger charge is 2.44. The molecule has 3 aliphatic heterocycles. The van der Waals surface area contributed by atoms with Gasteiger partial charge in [0.25, 0.3) is 0 Å². The van der Waals surface area contributed by atoms with Gasteiger partial charge in [-0.25, -0.2) is 4.79 Å². The van der Waals surface area contributed by atoms with Crippen LogP contribution >= 0.6 is 0 Å². The first-order valence-corrected chi connectivity index (χ1v) is 9.33. The number of ether oxygens (including phenoxy) is 1. The first kappa shape index (κ1) is 17.5. The number of benzene rings is 1. The van der Waals surface area contributed by atoms with Gasteiger partial charge < -0.3 is 4.74 Å².